The van der Waals surface area contributed by atoms with Crippen molar-refractivity contribution in [3.8, 4) is 22.8 Å². The van der Waals surface area contributed by atoms with E-state index in [2.05, 4.69) is 34.4 Å². The van der Waals surface area contributed by atoms with E-state index in [1.54, 1.807) is 24.5 Å². The summed E-state index contributed by atoms with van der Waals surface area (Å²) in [6, 6.07) is 6.50. The zero-order valence-electron chi connectivity index (χ0n) is 20.9. The predicted octanol–water partition coefficient (Wildman–Crippen LogP) is 2.28. The number of benzene rings is 1. The van der Waals surface area contributed by atoms with Gasteiger partial charge in [0.05, 0.1) is 0 Å². The molecule has 8 nitrogen and oxygen atoms in total. The van der Waals surface area contributed by atoms with Gasteiger partial charge < -0.3 is 0 Å². The molecular weight excluding hydrogens is 590 g/mol. The van der Waals surface area contributed by atoms with Crippen LogP contribution in [0.15, 0.2) is 47.8 Å². The molecule has 3 aromatic rings. The van der Waals surface area contributed by atoms with Crippen molar-refractivity contribution in [1.82, 2.24) is 15.3 Å². The molecule has 0 unspecified atom stereocenters. The van der Waals surface area contributed by atoms with Crippen molar-refractivity contribution >= 4 is 17.3 Å². The Morgan fingerprint density at radius 1 is 1.19 bits per heavy atom. The quantitative estimate of drug-likeness (QED) is 0.237. The van der Waals surface area contributed by atoms with Crippen LogP contribution < -0.4 is 41.7 Å². The molecular formula is C27H29FIN4O4-. The number of methoxy groups -OCH3 is 1. The topological polar surface area (TPSA) is 97.5 Å². The fraction of sp³-hybridized carbons (Fsp3) is 0.333. The van der Waals surface area contributed by atoms with Crippen LogP contribution in [0.5, 0.6) is 11.5 Å². The first-order valence-corrected chi connectivity index (χ1v) is 14.2. The molecule has 0 spiro atoms. The Morgan fingerprint density at radius 2 is 2.00 bits per heavy atom. The molecule has 0 aliphatic carbocycles. The number of pyridine rings is 1. The summed E-state index contributed by atoms with van der Waals surface area (Å²) in [7, 11) is 1.42. The average Bonchev–Trinajstić information content (AvgIpc) is 3.27. The van der Waals surface area contributed by atoms with Crippen molar-refractivity contribution < 1.29 is 43.3 Å². The van der Waals surface area contributed by atoms with E-state index in [1.807, 2.05) is 6.07 Å². The molecule has 2 aliphatic rings. The van der Waals surface area contributed by atoms with Gasteiger partial charge in [0.1, 0.15) is 0 Å². The number of alkyl halides is 1. The summed E-state index contributed by atoms with van der Waals surface area (Å²) in [5.74, 6) is -0.0414. The summed E-state index contributed by atoms with van der Waals surface area (Å²) in [5, 5.41) is 6.31. The number of nitrogens with zero attached hydrogens (tertiary/aromatic N) is 1. The van der Waals surface area contributed by atoms with Crippen LogP contribution in [0.2, 0.25) is 0 Å². The van der Waals surface area contributed by atoms with E-state index in [-0.39, 0.29) is 15.6 Å². The summed E-state index contributed by atoms with van der Waals surface area (Å²) in [5.41, 5.74) is 6.25. The Kier molecular flexibility index (Phi) is 7.65. The molecule has 3 N–H and O–H groups in total. The number of fused-ring (bicyclic) bond motifs is 3. The summed E-state index contributed by atoms with van der Waals surface area (Å²) >= 11 is -0.723. The Hall–Kier alpha value is -3.12. The van der Waals surface area contributed by atoms with Crippen molar-refractivity contribution in [1.29, 1.82) is 0 Å². The number of rotatable bonds is 3. The fourth-order valence-corrected chi connectivity index (χ4v) is 6.50. The van der Waals surface area contributed by atoms with Crippen LogP contribution in [0, 0.1) is 5.82 Å². The first kappa shape index (κ1) is 25.5. The number of amides is 1. The fourth-order valence-electron chi connectivity index (χ4n) is 4.47. The molecule has 1 amide bonds. The molecule has 4 heterocycles. The van der Waals surface area contributed by atoms with E-state index in [1.165, 1.54) is 24.3 Å². The van der Waals surface area contributed by atoms with Crippen molar-refractivity contribution in [2.24, 2.45) is 0 Å². The van der Waals surface area contributed by atoms with Crippen LogP contribution in [0.25, 0.3) is 11.3 Å². The maximum absolute atomic E-state index is 14.5. The van der Waals surface area contributed by atoms with Gasteiger partial charge in [-0.3, -0.25) is 0 Å². The van der Waals surface area contributed by atoms with Crippen LogP contribution in [0.3, 0.4) is 0 Å². The number of nitrogens with one attached hydrogen (secondary N) is 3. The van der Waals surface area contributed by atoms with E-state index in [0.717, 1.165) is 24.1 Å². The van der Waals surface area contributed by atoms with Gasteiger partial charge in [-0.15, -0.1) is 0 Å². The van der Waals surface area contributed by atoms with Crippen molar-refractivity contribution in [3.05, 3.63) is 64.9 Å². The normalized spacial score (nSPS) is 20.3. The summed E-state index contributed by atoms with van der Waals surface area (Å²) in [6.07, 6.45) is 5.01. The van der Waals surface area contributed by atoms with Crippen LogP contribution in [0.1, 0.15) is 46.7 Å². The number of hydrogen-bond donors (Lipinski definition) is 3. The van der Waals surface area contributed by atoms with Gasteiger partial charge in [0.2, 0.25) is 0 Å². The Bertz CT molecular complexity index is 1360. The van der Waals surface area contributed by atoms with Crippen molar-refractivity contribution in [2.75, 3.05) is 32.2 Å². The third-order valence-corrected chi connectivity index (χ3v) is 9.16. The number of aromatic nitrogens is 2. The number of hydrogen-bond acceptors (Lipinski definition) is 6. The third-order valence-electron chi connectivity index (χ3n) is 6.68. The monoisotopic (exact) mass is 619 g/mol. The SMILES string of the molecule is COc1c(F)cccc1Nc1c2[nH]c3c1C(=O)NC[C@H]3[I-]OCC/C(C)=C(\C)CCOc1cnccc1-2. The third kappa shape index (κ3) is 5.17. The van der Waals surface area contributed by atoms with Gasteiger partial charge in [0.25, 0.3) is 0 Å². The van der Waals surface area contributed by atoms with E-state index < -0.39 is 27.4 Å². The molecule has 0 radical (unpaired) electrons. The van der Waals surface area contributed by atoms with E-state index in [4.69, 9.17) is 12.5 Å². The van der Waals surface area contributed by atoms with Crippen molar-refractivity contribution in [2.45, 2.75) is 30.6 Å². The second-order valence-corrected chi connectivity index (χ2v) is 11.6. The minimum atomic E-state index is -0.723. The number of anilines is 2. The average molecular weight is 619 g/mol. The molecule has 1 aromatic carbocycles. The zero-order chi connectivity index (χ0) is 25.9. The van der Waals surface area contributed by atoms with Crippen LogP contribution >= 0.6 is 0 Å². The predicted molar refractivity (Wildman–Crippen MR) is 134 cm³/mol. The van der Waals surface area contributed by atoms with Gasteiger partial charge in [-0.2, -0.15) is 0 Å². The van der Waals surface area contributed by atoms with E-state index >= 15 is 0 Å². The molecule has 0 fully saturated rings. The molecule has 5 rings (SSSR count). The van der Waals surface area contributed by atoms with Crippen LogP contribution in [-0.4, -0.2) is 42.7 Å². The van der Waals surface area contributed by atoms with Gasteiger partial charge in [-0.05, 0) is 0 Å². The first-order valence-electron chi connectivity index (χ1n) is 12.1. The summed E-state index contributed by atoms with van der Waals surface area (Å²) in [4.78, 5) is 21.0. The molecule has 196 valence electrons. The molecule has 2 aliphatic heterocycles. The molecule has 1 atom stereocenters. The van der Waals surface area contributed by atoms with Gasteiger partial charge >= 0.3 is 226 Å². The van der Waals surface area contributed by atoms with Crippen molar-refractivity contribution in [3.63, 3.8) is 0 Å². The number of H-pyrrole nitrogens is 1. The first-order chi connectivity index (χ1) is 18.0. The Morgan fingerprint density at radius 3 is 2.81 bits per heavy atom. The molecule has 37 heavy (non-hydrogen) atoms. The summed E-state index contributed by atoms with van der Waals surface area (Å²) < 4.78 is 32.3. The van der Waals surface area contributed by atoms with E-state index in [0.29, 0.717) is 48.1 Å². The minimum absolute atomic E-state index is 0.0249. The second-order valence-electron chi connectivity index (χ2n) is 8.97. The number of carbonyl (C=O) groups excluding carboxylic acids is 1. The Labute approximate surface area is 225 Å². The molecule has 2 bridgehead atoms. The van der Waals surface area contributed by atoms with Crippen LogP contribution in [-0.2, 0) is 3.07 Å². The van der Waals surface area contributed by atoms with Gasteiger partial charge in [-0.1, -0.05) is 0 Å². The number of halogens is 2. The maximum atomic E-state index is 14.5. The van der Waals surface area contributed by atoms with Gasteiger partial charge in [-0.25, -0.2) is 0 Å². The molecule has 0 saturated carbocycles. The van der Waals surface area contributed by atoms with E-state index in [9.17, 15) is 9.18 Å². The summed E-state index contributed by atoms with van der Waals surface area (Å²) in [6.45, 7) is 5.89. The Balaban J connectivity index is 1.67. The molecule has 10 heteroatoms. The standard InChI is InChI=1S/C27H29FIN4O4/c1-15-8-11-36-21-14-30-10-7-17(21)23-25(32-20-6-4-5-18(28)26(20)35-3)22-24(33-23)19(13-31-27(22)34)29-37-12-9-16(15)2/h4-7,10,14,19,32-33H,8-9,11-13H2,1-3H3,(H,31,34)/q-1/b16-15+/t19-/m1/s1. The second kappa shape index (κ2) is 11.1. The van der Waals surface area contributed by atoms with Gasteiger partial charge in [0.15, 0.2) is 0 Å². The zero-order valence-corrected chi connectivity index (χ0v) is 23.1. The van der Waals surface area contributed by atoms with Gasteiger partial charge in [0, 0.05) is 0 Å². The number of carbonyl (C=O) groups is 1. The molecule has 0 saturated heterocycles. The number of para-hydroxylation sites is 1. The molecule has 2 aromatic heterocycles. The van der Waals surface area contributed by atoms with Crippen LogP contribution in [0.4, 0.5) is 15.8 Å². The number of ether oxygens (including phenoxy) is 2. The number of aromatic amines is 1.